The Hall–Kier alpha value is -1.06. The Labute approximate surface area is 116 Å². The molecule has 0 amide bonds. The molecule has 0 bridgehead atoms. The minimum Gasteiger partial charge on any atom is -0.462 e. The highest BCUT2D eigenvalue weighted by atomic mass is 16.5. The maximum Gasteiger partial charge on any atom is 0.130 e. The van der Waals surface area contributed by atoms with E-state index in [9.17, 15) is 0 Å². The summed E-state index contributed by atoms with van der Waals surface area (Å²) in [5.74, 6) is 3.32. The van der Waals surface area contributed by atoms with Crippen molar-refractivity contribution in [1.82, 2.24) is 5.32 Å². The van der Waals surface area contributed by atoms with Crippen molar-refractivity contribution in [2.75, 3.05) is 13.7 Å². The summed E-state index contributed by atoms with van der Waals surface area (Å²) in [6, 6.07) is 2.08. The minimum atomic E-state index is 0.581. The van der Waals surface area contributed by atoms with Gasteiger partial charge in [0.1, 0.15) is 18.1 Å². The van der Waals surface area contributed by atoms with Gasteiger partial charge in [-0.15, -0.1) is 0 Å². The maximum atomic E-state index is 5.83. The maximum absolute atomic E-state index is 5.83. The van der Waals surface area contributed by atoms with Crippen LogP contribution in [0.4, 0.5) is 0 Å². The summed E-state index contributed by atoms with van der Waals surface area (Å²) in [6.45, 7) is 6.56. The highest BCUT2D eigenvalue weighted by Crippen LogP contribution is 2.25. The normalized spacial score (nSPS) is 22.9. The molecule has 0 aliphatic heterocycles. The average molecular weight is 263 g/mol. The Morgan fingerprint density at radius 2 is 2.16 bits per heavy atom. The summed E-state index contributed by atoms with van der Waals surface area (Å²) in [4.78, 5) is 0. The van der Waals surface area contributed by atoms with Crippen LogP contribution in [-0.2, 0) is 17.9 Å². The van der Waals surface area contributed by atoms with E-state index >= 15 is 0 Å². The highest BCUT2D eigenvalue weighted by molar-refractivity contribution is 5.19. The van der Waals surface area contributed by atoms with Gasteiger partial charge >= 0.3 is 0 Å². The minimum absolute atomic E-state index is 0.581. The van der Waals surface area contributed by atoms with E-state index in [0.717, 1.165) is 37.0 Å². The number of rotatable bonds is 6. The summed E-state index contributed by atoms with van der Waals surface area (Å²) in [5, 5.41) is 3.11. The number of ether oxygens (including phenoxy) is 1. The molecule has 0 aromatic carbocycles. The third-order valence-electron chi connectivity index (χ3n) is 3.90. The van der Waals surface area contributed by atoms with Crippen molar-refractivity contribution in [3.05, 3.63) is 35.3 Å². The molecule has 106 valence electrons. The van der Waals surface area contributed by atoms with Crippen molar-refractivity contribution < 1.29 is 9.15 Å². The van der Waals surface area contributed by atoms with Gasteiger partial charge in [0.25, 0.3) is 0 Å². The molecule has 1 heterocycles. The van der Waals surface area contributed by atoms with Gasteiger partial charge in [0.05, 0.1) is 13.2 Å². The highest BCUT2D eigenvalue weighted by Gasteiger charge is 2.18. The van der Waals surface area contributed by atoms with Crippen LogP contribution in [0, 0.1) is 18.8 Å². The fourth-order valence-electron chi connectivity index (χ4n) is 2.55. The Balaban J connectivity index is 1.79. The van der Waals surface area contributed by atoms with Crippen molar-refractivity contribution in [1.29, 1.82) is 0 Å². The van der Waals surface area contributed by atoms with Crippen LogP contribution in [0.5, 0.6) is 0 Å². The number of nitrogens with one attached hydrogen (secondary N) is 1. The molecule has 1 aromatic rings. The van der Waals surface area contributed by atoms with E-state index in [-0.39, 0.29) is 0 Å². The fraction of sp³-hybridized carbons (Fsp3) is 0.625. The third kappa shape index (κ3) is 3.95. The molecule has 0 fully saturated rings. The zero-order valence-electron chi connectivity index (χ0n) is 12.2. The lowest BCUT2D eigenvalue weighted by atomic mass is 9.85. The predicted octanol–water partition coefficient (Wildman–Crippen LogP) is 3.43. The van der Waals surface area contributed by atoms with Gasteiger partial charge < -0.3 is 14.5 Å². The molecule has 1 aliphatic carbocycles. The predicted molar refractivity (Wildman–Crippen MR) is 76.9 cm³/mol. The fourth-order valence-corrected chi connectivity index (χ4v) is 2.55. The summed E-state index contributed by atoms with van der Waals surface area (Å²) in [6.07, 6.45) is 6.88. The zero-order chi connectivity index (χ0) is 13.7. The molecular formula is C16H25NO2. The average Bonchev–Trinajstić information content (AvgIpc) is 2.73. The van der Waals surface area contributed by atoms with Gasteiger partial charge in [-0.2, -0.15) is 0 Å². The molecule has 1 N–H and O–H groups in total. The summed E-state index contributed by atoms with van der Waals surface area (Å²) >= 11 is 0. The third-order valence-corrected chi connectivity index (χ3v) is 3.90. The molecule has 0 saturated heterocycles. The second-order valence-electron chi connectivity index (χ2n) is 5.54. The van der Waals surface area contributed by atoms with Gasteiger partial charge in [0.2, 0.25) is 0 Å². The van der Waals surface area contributed by atoms with Crippen LogP contribution in [0.3, 0.4) is 0 Å². The Morgan fingerprint density at radius 1 is 1.37 bits per heavy atom. The molecule has 0 saturated carbocycles. The topological polar surface area (TPSA) is 34.4 Å². The van der Waals surface area contributed by atoms with E-state index in [1.165, 1.54) is 12.0 Å². The van der Waals surface area contributed by atoms with Crippen LogP contribution >= 0.6 is 0 Å². The molecule has 2 rings (SSSR count). The second-order valence-corrected chi connectivity index (χ2v) is 5.54. The number of aryl methyl sites for hydroxylation is 1. The van der Waals surface area contributed by atoms with E-state index in [0.29, 0.717) is 12.5 Å². The first-order valence-electron chi connectivity index (χ1n) is 7.16. The first-order chi connectivity index (χ1) is 9.20. The van der Waals surface area contributed by atoms with E-state index in [4.69, 9.17) is 9.15 Å². The Morgan fingerprint density at radius 3 is 2.89 bits per heavy atom. The zero-order valence-corrected chi connectivity index (χ0v) is 12.2. The first-order valence-corrected chi connectivity index (χ1v) is 7.16. The van der Waals surface area contributed by atoms with Crippen LogP contribution in [0.15, 0.2) is 22.6 Å². The van der Waals surface area contributed by atoms with Gasteiger partial charge in [0.15, 0.2) is 0 Å². The number of furan rings is 1. The Kier molecular flexibility index (Phi) is 5.23. The van der Waals surface area contributed by atoms with Crippen molar-refractivity contribution >= 4 is 0 Å². The molecule has 2 unspecified atom stereocenters. The lowest BCUT2D eigenvalue weighted by molar-refractivity contribution is 0.0577. The van der Waals surface area contributed by atoms with Crippen molar-refractivity contribution in [3.63, 3.8) is 0 Å². The summed E-state index contributed by atoms with van der Waals surface area (Å²) in [5.41, 5.74) is 1.20. The van der Waals surface area contributed by atoms with Crippen LogP contribution < -0.4 is 5.32 Å². The molecular weight excluding hydrogens is 238 g/mol. The Bertz CT molecular complexity index is 422. The van der Waals surface area contributed by atoms with Crippen molar-refractivity contribution in [2.45, 2.75) is 39.8 Å². The van der Waals surface area contributed by atoms with Crippen LogP contribution in [0.25, 0.3) is 0 Å². The van der Waals surface area contributed by atoms with Gasteiger partial charge in [0, 0.05) is 0 Å². The molecule has 3 heteroatoms. The molecule has 19 heavy (non-hydrogen) atoms. The molecule has 0 spiro atoms. The summed E-state index contributed by atoms with van der Waals surface area (Å²) in [7, 11) is 1.93. The van der Waals surface area contributed by atoms with E-state index in [2.05, 4.69) is 37.4 Å². The molecule has 0 radical (unpaired) electrons. The van der Waals surface area contributed by atoms with E-state index in [1.807, 2.05) is 7.05 Å². The molecule has 1 aromatic heterocycles. The number of hydrogen-bond donors (Lipinski definition) is 1. The number of allylic oxidation sites excluding steroid dienone is 2. The monoisotopic (exact) mass is 263 g/mol. The molecule has 3 nitrogen and oxygen atoms in total. The van der Waals surface area contributed by atoms with Crippen molar-refractivity contribution in [2.24, 2.45) is 11.8 Å². The van der Waals surface area contributed by atoms with Gasteiger partial charge in [-0.1, -0.05) is 19.1 Å². The van der Waals surface area contributed by atoms with Crippen LogP contribution in [0.2, 0.25) is 0 Å². The smallest absolute Gasteiger partial charge is 0.130 e. The molecule has 1 aliphatic rings. The SMILES string of the molecule is CNCc1oc(COCC2CC=CCC2C)cc1C. The lowest BCUT2D eigenvalue weighted by Crippen LogP contribution is -2.19. The van der Waals surface area contributed by atoms with Gasteiger partial charge in [-0.3, -0.25) is 0 Å². The van der Waals surface area contributed by atoms with Crippen molar-refractivity contribution in [3.8, 4) is 0 Å². The lowest BCUT2D eigenvalue weighted by Gasteiger charge is -2.24. The standard InChI is InChI=1S/C16H25NO2/c1-12-6-4-5-7-14(12)10-18-11-15-8-13(2)16(19-15)9-17-3/h4-5,8,12,14,17H,6-7,9-11H2,1-3H3. The van der Waals surface area contributed by atoms with Crippen LogP contribution in [-0.4, -0.2) is 13.7 Å². The first kappa shape index (κ1) is 14.4. The van der Waals surface area contributed by atoms with Gasteiger partial charge in [-0.25, -0.2) is 0 Å². The summed E-state index contributed by atoms with van der Waals surface area (Å²) < 4.78 is 11.6. The van der Waals surface area contributed by atoms with Crippen LogP contribution in [0.1, 0.15) is 36.8 Å². The second kappa shape index (κ2) is 6.92. The molecule has 2 atom stereocenters. The quantitative estimate of drug-likeness (QED) is 0.799. The van der Waals surface area contributed by atoms with E-state index in [1.54, 1.807) is 0 Å². The van der Waals surface area contributed by atoms with Gasteiger partial charge in [-0.05, 0) is 50.3 Å². The van der Waals surface area contributed by atoms with E-state index < -0.39 is 0 Å². The number of hydrogen-bond acceptors (Lipinski definition) is 3. The largest absolute Gasteiger partial charge is 0.462 e.